The Morgan fingerprint density at radius 1 is 0.412 bits per heavy atom. The molecule has 15 nitrogen and oxygen atoms in total. The first-order valence-corrected chi connectivity index (χ1v) is 17.4. The fraction of sp³-hybridized carbons (Fsp3) is 0.971. The molecule has 0 aromatic carbocycles. The summed E-state index contributed by atoms with van der Waals surface area (Å²) < 4.78 is 48.0. The molecule has 3 aliphatic heterocycles. The standard InChI is InChI=1S/3C11H22O5.C2H5.W/c3*1-7-8(4-12)9(5-13)10(6-14-2)16-11(7)15-3;1-2;/h3*7-13H,4-6H2,1-3H3;1H2,2H3;/q;;;-1;. The van der Waals surface area contributed by atoms with E-state index < -0.39 is 0 Å². The van der Waals surface area contributed by atoms with Crippen molar-refractivity contribution in [3.63, 3.8) is 0 Å². The molecule has 16 heteroatoms. The zero-order valence-electron chi connectivity index (χ0n) is 32.5. The molecule has 3 fully saturated rings. The van der Waals surface area contributed by atoms with E-state index >= 15 is 0 Å². The van der Waals surface area contributed by atoms with Crippen molar-refractivity contribution >= 4 is 0 Å². The van der Waals surface area contributed by atoms with Gasteiger partial charge in [0.1, 0.15) is 0 Å². The summed E-state index contributed by atoms with van der Waals surface area (Å²) in [4.78, 5) is 0. The van der Waals surface area contributed by atoms with Crippen LogP contribution in [0, 0.1) is 60.2 Å². The second kappa shape index (κ2) is 30.3. The van der Waals surface area contributed by atoms with Gasteiger partial charge in [-0.1, -0.05) is 20.8 Å². The van der Waals surface area contributed by atoms with Crippen molar-refractivity contribution in [3.8, 4) is 0 Å². The van der Waals surface area contributed by atoms with Gasteiger partial charge in [0.2, 0.25) is 0 Å². The molecule has 3 aliphatic rings. The Morgan fingerprint density at radius 2 is 0.608 bits per heavy atom. The fourth-order valence-electron chi connectivity index (χ4n) is 7.25. The molecule has 0 aromatic heterocycles. The number of rotatable bonds is 15. The van der Waals surface area contributed by atoms with Crippen molar-refractivity contribution in [2.24, 2.45) is 53.3 Å². The van der Waals surface area contributed by atoms with Gasteiger partial charge < -0.3 is 80.2 Å². The molecule has 0 saturated carbocycles. The van der Waals surface area contributed by atoms with Crippen molar-refractivity contribution < 1.29 is 94.3 Å². The molecule has 308 valence electrons. The first-order chi connectivity index (χ1) is 24.1. The van der Waals surface area contributed by atoms with Gasteiger partial charge in [0.15, 0.2) is 18.9 Å². The zero-order valence-corrected chi connectivity index (χ0v) is 35.4. The van der Waals surface area contributed by atoms with Crippen LogP contribution in [0.15, 0.2) is 0 Å². The Morgan fingerprint density at radius 3 is 0.745 bits per heavy atom. The Labute approximate surface area is 320 Å². The average molecular weight is 916 g/mol. The van der Waals surface area contributed by atoms with Gasteiger partial charge in [-0.25, -0.2) is 0 Å². The van der Waals surface area contributed by atoms with Crippen LogP contribution < -0.4 is 0 Å². The Balaban J connectivity index is 0. The van der Waals surface area contributed by atoms with Crippen molar-refractivity contribution in [2.75, 3.05) is 102 Å². The van der Waals surface area contributed by atoms with E-state index in [9.17, 15) is 30.6 Å². The summed E-state index contributed by atoms with van der Waals surface area (Å²) in [5, 5.41) is 56.3. The number of aliphatic hydroxyl groups excluding tert-OH is 6. The van der Waals surface area contributed by atoms with Gasteiger partial charge in [-0.2, -0.15) is 6.92 Å². The maximum absolute atomic E-state index is 9.40. The monoisotopic (exact) mass is 915 g/mol. The van der Waals surface area contributed by atoms with Crippen LogP contribution >= 0.6 is 0 Å². The van der Waals surface area contributed by atoms with Gasteiger partial charge in [-0.3, -0.25) is 0 Å². The molecule has 0 bridgehead atoms. The van der Waals surface area contributed by atoms with Gasteiger partial charge in [-0.05, 0) is 17.8 Å². The maximum atomic E-state index is 9.40. The van der Waals surface area contributed by atoms with E-state index in [-0.39, 0.29) is 151 Å². The minimum Gasteiger partial charge on any atom is -0.396 e. The summed E-state index contributed by atoms with van der Waals surface area (Å²) in [6, 6.07) is 0. The number of aliphatic hydroxyl groups is 6. The van der Waals surface area contributed by atoms with E-state index in [4.69, 9.17) is 42.6 Å². The topological polar surface area (TPSA) is 204 Å². The van der Waals surface area contributed by atoms with Crippen LogP contribution in [-0.2, 0) is 63.7 Å². The molecule has 0 aromatic rings. The second-order valence-electron chi connectivity index (χ2n) is 12.9. The predicted octanol–water partition coefficient (Wildman–Crippen LogP) is 0.409. The van der Waals surface area contributed by atoms with Crippen LogP contribution in [0.1, 0.15) is 27.7 Å². The minimum atomic E-state index is -0.347. The molecule has 51 heavy (non-hydrogen) atoms. The van der Waals surface area contributed by atoms with E-state index in [1.807, 2.05) is 20.8 Å². The molecule has 0 radical (unpaired) electrons. The van der Waals surface area contributed by atoms with E-state index in [0.29, 0.717) is 19.8 Å². The first-order valence-electron chi connectivity index (χ1n) is 17.4. The molecule has 3 heterocycles. The van der Waals surface area contributed by atoms with Crippen LogP contribution in [0.5, 0.6) is 0 Å². The first kappa shape index (κ1) is 53.2. The van der Waals surface area contributed by atoms with Gasteiger partial charge in [0.25, 0.3) is 0 Å². The molecule has 15 unspecified atom stereocenters. The van der Waals surface area contributed by atoms with Crippen LogP contribution in [-0.4, -0.2) is 170 Å². The molecule has 6 N–H and O–H groups in total. The van der Waals surface area contributed by atoms with Crippen molar-refractivity contribution in [2.45, 2.75) is 64.9 Å². The van der Waals surface area contributed by atoms with Gasteiger partial charge in [0.05, 0.1) is 38.1 Å². The number of ether oxygens (including phenoxy) is 9. The minimum absolute atomic E-state index is 0. The summed E-state index contributed by atoms with van der Waals surface area (Å²) in [5.41, 5.74) is 0. The van der Waals surface area contributed by atoms with Crippen LogP contribution in [0.25, 0.3) is 0 Å². The SMILES string of the molecule is COCC1OC(OC)C(C)C(CO)C1CO.COCC1OC(OC)C(C)C(CO)C1CO.COCC1OC(OC)C(C)C(CO)C1CO.[CH2-]C.[W]. The summed E-state index contributed by atoms with van der Waals surface area (Å²) in [5.74, 6) is -0.221. The third kappa shape index (κ3) is 15.3. The summed E-state index contributed by atoms with van der Waals surface area (Å²) in [6.07, 6.45) is -1.73. The molecule has 15 atom stereocenters. The molecule has 0 amide bonds. The second-order valence-corrected chi connectivity index (χ2v) is 12.9. The van der Waals surface area contributed by atoms with Crippen LogP contribution in [0.3, 0.4) is 0 Å². The fourth-order valence-corrected chi connectivity index (χ4v) is 7.25. The van der Waals surface area contributed by atoms with E-state index in [1.54, 1.807) is 49.6 Å². The molecular weight excluding hydrogens is 844 g/mol. The summed E-state index contributed by atoms with van der Waals surface area (Å²) in [6.45, 7) is 12.1. The predicted molar refractivity (Wildman–Crippen MR) is 185 cm³/mol. The van der Waals surface area contributed by atoms with Crippen LogP contribution in [0.4, 0.5) is 0 Å². The van der Waals surface area contributed by atoms with Crippen LogP contribution in [0.2, 0.25) is 0 Å². The van der Waals surface area contributed by atoms with Gasteiger partial charge in [0, 0.05) is 139 Å². The maximum Gasteiger partial charge on any atom is 0.160 e. The average Bonchev–Trinajstić information content (AvgIpc) is 3.14. The Bertz CT molecular complexity index is 692. The number of hydrogen-bond donors (Lipinski definition) is 6. The van der Waals surface area contributed by atoms with Gasteiger partial charge in [-0.15, -0.1) is 0 Å². The van der Waals surface area contributed by atoms with Crippen molar-refractivity contribution in [3.05, 3.63) is 6.92 Å². The smallest absolute Gasteiger partial charge is 0.160 e. The van der Waals surface area contributed by atoms with E-state index in [1.165, 1.54) is 0 Å². The molecule has 0 spiro atoms. The number of hydrogen-bond acceptors (Lipinski definition) is 15. The molecule has 3 rings (SSSR count). The van der Waals surface area contributed by atoms with E-state index in [2.05, 4.69) is 6.92 Å². The molecular formula is C35H71O15W-. The Kier molecular flexibility index (Phi) is 31.6. The number of methoxy groups -OCH3 is 6. The third-order valence-corrected chi connectivity index (χ3v) is 10.3. The largest absolute Gasteiger partial charge is 0.396 e. The normalized spacial score (nSPS) is 37.7. The van der Waals surface area contributed by atoms with Crippen molar-refractivity contribution in [1.29, 1.82) is 0 Å². The molecule has 0 aliphatic carbocycles. The zero-order chi connectivity index (χ0) is 38.4. The van der Waals surface area contributed by atoms with Crippen molar-refractivity contribution in [1.82, 2.24) is 0 Å². The molecule has 3 saturated heterocycles. The summed E-state index contributed by atoms with van der Waals surface area (Å²) >= 11 is 0. The quantitative estimate of drug-likeness (QED) is 0.123. The Hall–Kier alpha value is 0.0883. The van der Waals surface area contributed by atoms with E-state index in [0.717, 1.165) is 0 Å². The summed E-state index contributed by atoms with van der Waals surface area (Å²) in [7, 11) is 9.51. The van der Waals surface area contributed by atoms with Gasteiger partial charge >= 0.3 is 0 Å². The third-order valence-electron chi connectivity index (χ3n) is 10.3.